The standard InChI is InChI=1S/C20H22N2O8S/c1-27-15-10-13(20(24)30-4)17(19(29-3)18(15)28-2)22-31(25,26)12-6-7-14-11(9-12)5-8-16(23)21-14/h6-7,9-10,22H,5,8H2,1-4H3,(H,21,23). The summed E-state index contributed by atoms with van der Waals surface area (Å²) in [5.41, 5.74) is 0.980. The third-order valence-electron chi connectivity index (χ3n) is 4.75. The summed E-state index contributed by atoms with van der Waals surface area (Å²) in [5.74, 6) is -0.712. The number of fused-ring (bicyclic) bond motifs is 1. The van der Waals surface area contributed by atoms with Crippen molar-refractivity contribution in [3.8, 4) is 17.2 Å². The normalized spacial score (nSPS) is 13.0. The molecule has 0 spiro atoms. The quantitative estimate of drug-likeness (QED) is 0.614. The lowest BCUT2D eigenvalue weighted by Gasteiger charge is -2.21. The van der Waals surface area contributed by atoms with Gasteiger partial charge in [0.2, 0.25) is 11.7 Å². The van der Waals surface area contributed by atoms with Gasteiger partial charge in [-0.1, -0.05) is 0 Å². The van der Waals surface area contributed by atoms with Crippen molar-refractivity contribution in [2.75, 3.05) is 38.5 Å². The van der Waals surface area contributed by atoms with Gasteiger partial charge >= 0.3 is 5.97 Å². The van der Waals surface area contributed by atoms with Gasteiger partial charge < -0.3 is 24.3 Å². The molecule has 0 atom stereocenters. The number of anilines is 2. The first-order valence-corrected chi connectivity index (χ1v) is 10.6. The summed E-state index contributed by atoms with van der Waals surface area (Å²) in [6.45, 7) is 0. The van der Waals surface area contributed by atoms with Crippen LogP contribution in [0.25, 0.3) is 0 Å². The minimum absolute atomic E-state index is 0.0453. The summed E-state index contributed by atoms with van der Waals surface area (Å²) in [4.78, 5) is 23.9. The number of sulfonamides is 1. The Labute approximate surface area is 179 Å². The molecular weight excluding hydrogens is 428 g/mol. The highest BCUT2D eigenvalue weighted by Gasteiger charge is 2.29. The number of rotatable bonds is 7. The fourth-order valence-corrected chi connectivity index (χ4v) is 4.38. The van der Waals surface area contributed by atoms with E-state index in [0.29, 0.717) is 17.7 Å². The highest BCUT2D eigenvalue weighted by atomic mass is 32.2. The fraction of sp³-hybridized carbons (Fsp3) is 0.300. The van der Waals surface area contributed by atoms with Gasteiger partial charge in [-0.15, -0.1) is 0 Å². The van der Waals surface area contributed by atoms with Gasteiger partial charge in [0.1, 0.15) is 5.69 Å². The number of hydrogen-bond acceptors (Lipinski definition) is 8. The number of benzene rings is 2. The third-order valence-corrected chi connectivity index (χ3v) is 6.10. The van der Waals surface area contributed by atoms with Crippen LogP contribution in [-0.2, 0) is 26.0 Å². The van der Waals surface area contributed by atoms with Gasteiger partial charge in [0, 0.05) is 18.2 Å². The Bertz CT molecular complexity index is 1140. The number of ether oxygens (including phenoxy) is 4. The fourth-order valence-electron chi connectivity index (χ4n) is 3.25. The van der Waals surface area contributed by atoms with Crippen molar-refractivity contribution in [2.45, 2.75) is 17.7 Å². The predicted molar refractivity (Wildman–Crippen MR) is 112 cm³/mol. The summed E-state index contributed by atoms with van der Waals surface area (Å²) in [6, 6.07) is 5.65. The van der Waals surface area contributed by atoms with Gasteiger partial charge in [0.15, 0.2) is 11.5 Å². The van der Waals surface area contributed by atoms with E-state index in [4.69, 9.17) is 18.9 Å². The zero-order valence-electron chi connectivity index (χ0n) is 17.4. The van der Waals surface area contributed by atoms with Crippen molar-refractivity contribution in [1.82, 2.24) is 0 Å². The lowest BCUT2D eigenvalue weighted by molar-refractivity contribution is -0.116. The first kappa shape index (κ1) is 22.2. The Morgan fingerprint density at radius 1 is 1.00 bits per heavy atom. The van der Waals surface area contributed by atoms with E-state index in [9.17, 15) is 18.0 Å². The maximum absolute atomic E-state index is 13.2. The number of methoxy groups -OCH3 is 4. The van der Waals surface area contributed by atoms with Gasteiger partial charge in [0.25, 0.3) is 10.0 Å². The summed E-state index contributed by atoms with van der Waals surface area (Å²) >= 11 is 0. The lowest BCUT2D eigenvalue weighted by atomic mass is 10.0. The van der Waals surface area contributed by atoms with E-state index in [1.54, 1.807) is 0 Å². The summed E-state index contributed by atoms with van der Waals surface area (Å²) in [5, 5.41) is 2.70. The monoisotopic (exact) mass is 450 g/mol. The molecule has 0 saturated heterocycles. The van der Waals surface area contributed by atoms with E-state index < -0.39 is 16.0 Å². The van der Waals surface area contributed by atoms with Crippen LogP contribution in [0.15, 0.2) is 29.2 Å². The molecule has 1 amide bonds. The van der Waals surface area contributed by atoms with Crippen molar-refractivity contribution in [1.29, 1.82) is 0 Å². The smallest absolute Gasteiger partial charge is 0.340 e. The molecule has 10 nitrogen and oxygen atoms in total. The number of esters is 1. The number of carbonyl (C=O) groups excluding carboxylic acids is 2. The average molecular weight is 450 g/mol. The predicted octanol–water partition coefficient (Wildman–Crippen LogP) is 2.18. The molecule has 166 valence electrons. The summed E-state index contributed by atoms with van der Waals surface area (Å²) < 4.78 is 49.4. The molecule has 0 aliphatic carbocycles. The maximum atomic E-state index is 13.2. The van der Waals surface area contributed by atoms with Crippen molar-refractivity contribution in [3.05, 3.63) is 35.4 Å². The first-order chi connectivity index (χ1) is 14.7. The Morgan fingerprint density at radius 3 is 2.32 bits per heavy atom. The number of carbonyl (C=O) groups is 2. The van der Waals surface area contributed by atoms with Crippen LogP contribution in [0.3, 0.4) is 0 Å². The SMILES string of the molecule is COC(=O)c1cc(OC)c(OC)c(OC)c1NS(=O)(=O)c1ccc2c(c1)CCC(=O)N2. The van der Waals surface area contributed by atoms with Crippen molar-refractivity contribution in [2.24, 2.45) is 0 Å². The molecule has 3 rings (SSSR count). The highest BCUT2D eigenvalue weighted by Crippen LogP contribution is 2.46. The average Bonchev–Trinajstić information content (AvgIpc) is 2.77. The molecule has 0 unspecified atom stereocenters. The van der Waals surface area contributed by atoms with Crippen molar-refractivity contribution >= 4 is 33.3 Å². The van der Waals surface area contributed by atoms with Crippen molar-refractivity contribution < 1.29 is 37.0 Å². The molecule has 0 saturated carbocycles. The van der Waals surface area contributed by atoms with Crippen LogP contribution in [0.1, 0.15) is 22.3 Å². The Hall–Kier alpha value is -3.47. The van der Waals surface area contributed by atoms with Gasteiger partial charge in [-0.2, -0.15) is 0 Å². The number of amides is 1. The first-order valence-electron chi connectivity index (χ1n) is 9.12. The minimum Gasteiger partial charge on any atom is -0.493 e. The van der Waals surface area contributed by atoms with Crippen molar-refractivity contribution in [3.63, 3.8) is 0 Å². The topological polar surface area (TPSA) is 129 Å². The van der Waals surface area contributed by atoms with E-state index >= 15 is 0 Å². The molecule has 2 aromatic rings. The lowest BCUT2D eigenvalue weighted by Crippen LogP contribution is -2.21. The van der Waals surface area contributed by atoms with Gasteiger partial charge in [-0.3, -0.25) is 9.52 Å². The summed E-state index contributed by atoms with van der Waals surface area (Å²) in [6.07, 6.45) is 0.678. The molecule has 0 radical (unpaired) electrons. The van der Waals surface area contributed by atoms with Crippen LogP contribution in [0.4, 0.5) is 11.4 Å². The van der Waals surface area contributed by atoms with Crippen LogP contribution in [-0.4, -0.2) is 48.7 Å². The minimum atomic E-state index is -4.15. The summed E-state index contributed by atoms with van der Waals surface area (Å²) in [7, 11) is 1.05. The van der Waals surface area contributed by atoms with E-state index in [1.807, 2.05) is 0 Å². The Morgan fingerprint density at radius 2 is 1.71 bits per heavy atom. The zero-order chi connectivity index (χ0) is 22.8. The molecule has 2 N–H and O–H groups in total. The molecule has 0 fully saturated rings. The highest BCUT2D eigenvalue weighted by molar-refractivity contribution is 7.92. The molecule has 0 bridgehead atoms. The largest absolute Gasteiger partial charge is 0.493 e. The number of hydrogen-bond donors (Lipinski definition) is 2. The van der Waals surface area contributed by atoms with E-state index in [2.05, 4.69) is 10.0 Å². The molecule has 1 aliphatic heterocycles. The van der Waals surface area contributed by atoms with E-state index in [1.165, 1.54) is 52.7 Å². The number of aryl methyl sites for hydroxylation is 1. The molecule has 11 heteroatoms. The zero-order valence-corrected chi connectivity index (χ0v) is 18.2. The molecule has 1 heterocycles. The number of nitrogens with one attached hydrogen (secondary N) is 2. The van der Waals surface area contributed by atoms with Crippen LogP contribution in [0.5, 0.6) is 17.2 Å². The van der Waals surface area contributed by atoms with Gasteiger partial charge in [-0.05, 0) is 30.2 Å². The van der Waals surface area contributed by atoms with Crippen LogP contribution < -0.4 is 24.2 Å². The van der Waals surface area contributed by atoms with E-state index in [0.717, 1.165) is 0 Å². The van der Waals surface area contributed by atoms with E-state index in [-0.39, 0.29) is 45.7 Å². The molecular formula is C20H22N2O8S. The second-order valence-corrected chi connectivity index (χ2v) is 8.21. The Balaban J connectivity index is 2.12. The molecule has 31 heavy (non-hydrogen) atoms. The van der Waals surface area contributed by atoms with Gasteiger partial charge in [-0.25, -0.2) is 13.2 Å². The maximum Gasteiger partial charge on any atom is 0.340 e. The van der Waals surface area contributed by atoms with Crippen LogP contribution in [0, 0.1) is 0 Å². The molecule has 2 aromatic carbocycles. The van der Waals surface area contributed by atoms with Crippen LogP contribution >= 0.6 is 0 Å². The third kappa shape index (κ3) is 4.22. The van der Waals surface area contributed by atoms with Gasteiger partial charge in [0.05, 0.1) is 38.9 Å². The van der Waals surface area contributed by atoms with Crippen LogP contribution in [0.2, 0.25) is 0 Å². The Kier molecular flexibility index (Phi) is 6.25. The second-order valence-electron chi connectivity index (χ2n) is 6.53. The second kappa shape index (κ2) is 8.72. The molecule has 1 aliphatic rings. The molecule has 0 aromatic heterocycles.